The number of ether oxygens (including phenoxy) is 1. The van der Waals surface area contributed by atoms with E-state index in [0.29, 0.717) is 12.0 Å². The van der Waals surface area contributed by atoms with Crippen LogP contribution in [-0.4, -0.2) is 32.8 Å². The molecule has 0 aliphatic heterocycles. The summed E-state index contributed by atoms with van der Waals surface area (Å²) in [6.45, 7) is 2.79. The molecule has 0 amide bonds. The van der Waals surface area contributed by atoms with Gasteiger partial charge in [0.1, 0.15) is 0 Å². The number of rotatable bonds is 6. The second-order valence-electron chi connectivity index (χ2n) is 5.57. The van der Waals surface area contributed by atoms with Crippen LogP contribution in [0.3, 0.4) is 0 Å². The van der Waals surface area contributed by atoms with Crippen molar-refractivity contribution in [3.8, 4) is 5.69 Å². The average Bonchev–Trinajstić information content (AvgIpc) is 2.95. The lowest BCUT2D eigenvalue weighted by atomic mass is 9.78. The van der Waals surface area contributed by atoms with E-state index in [1.54, 1.807) is 10.9 Å². The van der Waals surface area contributed by atoms with Crippen molar-refractivity contribution in [2.24, 2.45) is 5.92 Å². The van der Waals surface area contributed by atoms with Gasteiger partial charge in [0.15, 0.2) is 0 Å². The van der Waals surface area contributed by atoms with Gasteiger partial charge in [-0.3, -0.25) is 0 Å². The van der Waals surface area contributed by atoms with Gasteiger partial charge in [0, 0.05) is 6.61 Å². The Balaban J connectivity index is 1.64. The highest BCUT2D eigenvalue weighted by Crippen LogP contribution is 2.37. The fraction of sp³-hybridized carbons (Fsp3) is 0.500. The molecule has 0 bridgehead atoms. The Hall–Kier alpha value is -1.72. The maximum absolute atomic E-state index is 10.5. The molecule has 1 N–H and O–H groups in total. The number of aliphatic hydroxyl groups excluding tert-OH is 1. The molecule has 1 aromatic heterocycles. The molecule has 0 saturated heterocycles. The highest BCUT2D eigenvalue weighted by Gasteiger charge is 2.32. The van der Waals surface area contributed by atoms with Gasteiger partial charge in [-0.2, -0.15) is 0 Å². The number of hydrogen-bond donors (Lipinski definition) is 1. The first-order chi connectivity index (χ1) is 10.3. The Morgan fingerprint density at radius 1 is 1.33 bits per heavy atom. The van der Waals surface area contributed by atoms with E-state index in [9.17, 15) is 5.11 Å². The lowest BCUT2D eigenvalue weighted by Crippen LogP contribution is -2.32. The summed E-state index contributed by atoms with van der Waals surface area (Å²) in [5, 5.41) is 18.5. The van der Waals surface area contributed by atoms with Crippen molar-refractivity contribution in [1.82, 2.24) is 15.0 Å². The summed E-state index contributed by atoms with van der Waals surface area (Å²) in [6.07, 6.45) is 4.31. The summed E-state index contributed by atoms with van der Waals surface area (Å²) in [5.74, 6) is 0.524. The van der Waals surface area contributed by atoms with Crippen molar-refractivity contribution in [1.29, 1.82) is 0 Å². The van der Waals surface area contributed by atoms with Crippen LogP contribution in [0.15, 0.2) is 36.5 Å². The normalized spacial score (nSPS) is 22.8. The lowest BCUT2D eigenvalue weighted by molar-refractivity contribution is -0.0385. The van der Waals surface area contributed by atoms with Crippen LogP contribution >= 0.6 is 0 Å². The van der Waals surface area contributed by atoms with E-state index >= 15 is 0 Å². The van der Waals surface area contributed by atoms with Crippen LogP contribution in [0.1, 0.15) is 38.0 Å². The predicted molar refractivity (Wildman–Crippen MR) is 79.1 cm³/mol. The molecule has 1 atom stereocenters. The second kappa shape index (κ2) is 6.37. The molecule has 5 nitrogen and oxygen atoms in total. The Morgan fingerprint density at radius 2 is 2.10 bits per heavy atom. The van der Waals surface area contributed by atoms with Gasteiger partial charge in [0.25, 0.3) is 0 Å². The van der Waals surface area contributed by atoms with Crippen LogP contribution in [0.25, 0.3) is 5.69 Å². The lowest BCUT2D eigenvalue weighted by Gasteiger charge is -2.36. The van der Waals surface area contributed by atoms with Crippen molar-refractivity contribution < 1.29 is 9.84 Å². The molecule has 1 aliphatic rings. The Morgan fingerprint density at radius 3 is 2.81 bits per heavy atom. The third kappa shape index (κ3) is 3.14. The number of para-hydroxylation sites is 1. The first-order valence-electron chi connectivity index (χ1n) is 7.53. The fourth-order valence-corrected chi connectivity index (χ4v) is 2.92. The topological polar surface area (TPSA) is 60.2 Å². The molecule has 21 heavy (non-hydrogen) atoms. The minimum atomic E-state index is -0.534. The van der Waals surface area contributed by atoms with Crippen molar-refractivity contribution >= 4 is 0 Å². The molecule has 0 spiro atoms. The minimum absolute atomic E-state index is 0.379. The number of hydrogen-bond acceptors (Lipinski definition) is 4. The third-order valence-electron chi connectivity index (χ3n) is 4.07. The van der Waals surface area contributed by atoms with Crippen LogP contribution in [0.4, 0.5) is 0 Å². The molecular weight excluding hydrogens is 266 g/mol. The van der Waals surface area contributed by atoms with E-state index in [-0.39, 0.29) is 0 Å². The molecular formula is C16H21N3O2. The smallest absolute Gasteiger partial charge is 0.0980 e. The first-order valence-corrected chi connectivity index (χ1v) is 7.53. The fourth-order valence-electron chi connectivity index (χ4n) is 2.92. The summed E-state index contributed by atoms with van der Waals surface area (Å²) >= 11 is 0. The van der Waals surface area contributed by atoms with Crippen molar-refractivity contribution in [2.75, 3.05) is 6.61 Å². The molecule has 1 aliphatic carbocycles. The molecule has 2 aromatic rings. The number of nitrogens with zero attached hydrogens (tertiary/aromatic N) is 3. The molecule has 1 heterocycles. The van der Waals surface area contributed by atoms with Gasteiger partial charge >= 0.3 is 0 Å². The van der Waals surface area contributed by atoms with Gasteiger partial charge in [0.2, 0.25) is 0 Å². The SMILES string of the molecule is CCOC1CC(CC(O)c2cnnn2-c2ccccc2)C1. The maximum Gasteiger partial charge on any atom is 0.0980 e. The van der Waals surface area contributed by atoms with Gasteiger partial charge in [-0.15, -0.1) is 5.10 Å². The Kier molecular flexibility index (Phi) is 4.31. The van der Waals surface area contributed by atoms with Gasteiger partial charge < -0.3 is 9.84 Å². The van der Waals surface area contributed by atoms with E-state index in [1.807, 2.05) is 37.3 Å². The molecule has 5 heteroatoms. The highest BCUT2D eigenvalue weighted by molar-refractivity contribution is 5.31. The summed E-state index contributed by atoms with van der Waals surface area (Å²) in [5.41, 5.74) is 1.67. The summed E-state index contributed by atoms with van der Waals surface area (Å²) in [7, 11) is 0. The molecule has 1 fully saturated rings. The first kappa shape index (κ1) is 14.2. The zero-order valence-corrected chi connectivity index (χ0v) is 12.2. The molecule has 1 aromatic carbocycles. The maximum atomic E-state index is 10.5. The zero-order valence-electron chi connectivity index (χ0n) is 12.2. The molecule has 1 saturated carbocycles. The average molecular weight is 287 g/mol. The van der Waals surface area contributed by atoms with Crippen LogP contribution in [0, 0.1) is 5.92 Å². The standard InChI is InChI=1S/C16H21N3O2/c1-2-21-14-8-12(9-14)10-16(20)15-11-17-18-19(15)13-6-4-3-5-7-13/h3-7,11-12,14,16,20H,2,8-10H2,1H3. The largest absolute Gasteiger partial charge is 0.387 e. The van der Waals surface area contributed by atoms with Gasteiger partial charge in [-0.05, 0) is 44.2 Å². The van der Waals surface area contributed by atoms with E-state index in [4.69, 9.17) is 4.74 Å². The van der Waals surface area contributed by atoms with Crippen LogP contribution in [0.2, 0.25) is 0 Å². The van der Waals surface area contributed by atoms with Crippen LogP contribution < -0.4 is 0 Å². The predicted octanol–water partition coefficient (Wildman–Crippen LogP) is 2.51. The monoisotopic (exact) mass is 287 g/mol. The summed E-state index contributed by atoms with van der Waals surface area (Å²) in [4.78, 5) is 0. The van der Waals surface area contributed by atoms with Crippen molar-refractivity contribution in [3.63, 3.8) is 0 Å². The van der Waals surface area contributed by atoms with Gasteiger partial charge in [0.05, 0.1) is 29.8 Å². The zero-order chi connectivity index (χ0) is 14.7. The van der Waals surface area contributed by atoms with Gasteiger partial charge in [-0.25, -0.2) is 4.68 Å². The second-order valence-corrected chi connectivity index (χ2v) is 5.57. The number of benzene rings is 1. The van der Waals surface area contributed by atoms with Crippen molar-refractivity contribution in [2.45, 2.75) is 38.4 Å². The van der Waals surface area contributed by atoms with E-state index < -0.39 is 6.10 Å². The van der Waals surface area contributed by atoms with E-state index in [2.05, 4.69) is 10.3 Å². The molecule has 3 rings (SSSR count). The Labute approximate surface area is 124 Å². The van der Waals surface area contributed by atoms with Crippen LogP contribution in [0.5, 0.6) is 0 Å². The number of aliphatic hydroxyl groups is 1. The van der Waals surface area contributed by atoms with Crippen molar-refractivity contribution in [3.05, 3.63) is 42.2 Å². The van der Waals surface area contributed by atoms with E-state index in [0.717, 1.165) is 37.3 Å². The summed E-state index contributed by atoms with van der Waals surface area (Å²) < 4.78 is 7.27. The van der Waals surface area contributed by atoms with E-state index in [1.165, 1.54) is 0 Å². The quantitative estimate of drug-likeness (QED) is 0.887. The molecule has 112 valence electrons. The third-order valence-corrected chi connectivity index (χ3v) is 4.07. The van der Waals surface area contributed by atoms with Crippen LogP contribution in [-0.2, 0) is 4.74 Å². The minimum Gasteiger partial charge on any atom is -0.387 e. The highest BCUT2D eigenvalue weighted by atomic mass is 16.5. The molecule has 1 unspecified atom stereocenters. The molecule has 0 radical (unpaired) electrons. The summed E-state index contributed by atoms with van der Waals surface area (Å²) in [6, 6.07) is 9.77. The van der Waals surface area contributed by atoms with Gasteiger partial charge in [-0.1, -0.05) is 23.4 Å². The Bertz CT molecular complexity index is 564. The number of aromatic nitrogens is 3.